The van der Waals surface area contributed by atoms with E-state index < -0.39 is 95.5 Å². The number of hydrogen-bond donors (Lipinski definition) is 4. The summed E-state index contributed by atoms with van der Waals surface area (Å²) in [6.45, 7) is 6.83. The summed E-state index contributed by atoms with van der Waals surface area (Å²) in [4.78, 5) is 95.2. The van der Waals surface area contributed by atoms with Gasteiger partial charge in [-0.25, -0.2) is 4.79 Å². The number of Topliss-reactive ketones (excluding diaryl/α,β-unsaturated/α-hetero) is 2. The average molecular weight is 843 g/mol. The second-order valence-electron chi connectivity index (χ2n) is 17.5. The molecular weight excluding hydrogens is 776 g/mol. The highest BCUT2D eigenvalue weighted by Gasteiger charge is 2.56. The van der Waals surface area contributed by atoms with Crippen LogP contribution in [-0.2, 0) is 47.8 Å². The number of allylic oxidation sites excluding steroid dienone is 4. The molecule has 0 spiro atoms. The lowest BCUT2D eigenvalue weighted by Crippen LogP contribution is -2.63. The Kier molecular flexibility index (Phi) is 18.3. The Morgan fingerprint density at radius 3 is 2.28 bits per heavy atom. The van der Waals surface area contributed by atoms with E-state index in [9.17, 15) is 48.9 Å². The van der Waals surface area contributed by atoms with Crippen LogP contribution in [0.2, 0.25) is 0 Å². The molecule has 0 aromatic carbocycles. The normalized spacial score (nSPS) is 39.5. The molecule has 3 aliphatic heterocycles. The van der Waals surface area contributed by atoms with Crippen LogP contribution < -0.4 is 5.73 Å². The number of piperidine rings is 1. The van der Waals surface area contributed by atoms with Crippen LogP contribution in [0.3, 0.4) is 0 Å². The standard InChI is InChI=1S/C45H66N2O13/c1-26-16-31(23-48)20-34(25-50)41-33(24-49)19-28(3)45(57,60-41)42(54)43(55)47-15-9-7-11-35(47)44(56)59-40(27(2)18-30-12-13-36(51)39(21-30)58-5)29(4)37(52)22-38(53)32(17-26)10-6-8-14-46/h6,8,17-18,23-25,28-37,39-41,51-52,57H,7,9-16,19-22,46H2,1-5H3/b8-6+,26-17+,27-18+/t28-,29-,30+,31+,32-,33-,34-,35+,36-,37+,39-,40-,41+,45-/m1/s1. The van der Waals surface area contributed by atoms with Crippen molar-refractivity contribution in [2.24, 2.45) is 47.2 Å². The smallest absolute Gasteiger partial charge is 0.329 e. The van der Waals surface area contributed by atoms with Gasteiger partial charge >= 0.3 is 5.97 Å². The topological polar surface area (TPSA) is 237 Å². The fraction of sp³-hybridized carbons (Fsp3) is 0.711. The summed E-state index contributed by atoms with van der Waals surface area (Å²) in [6, 6.07) is -1.25. The third-order valence-electron chi connectivity index (χ3n) is 13.1. The zero-order valence-corrected chi connectivity index (χ0v) is 35.7. The number of aliphatic hydroxyl groups is 3. The number of ether oxygens (including phenoxy) is 3. The number of carbonyl (C=O) groups is 7. The molecule has 3 heterocycles. The van der Waals surface area contributed by atoms with Crippen molar-refractivity contribution in [2.75, 3.05) is 20.2 Å². The summed E-state index contributed by atoms with van der Waals surface area (Å²) in [5.74, 6) is -12.1. The first-order valence-electron chi connectivity index (χ1n) is 21.5. The van der Waals surface area contributed by atoms with Crippen LogP contribution in [0.15, 0.2) is 35.5 Å². The van der Waals surface area contributed by atoms with Crippen molar-refractivity contribution in [3.8, 4) is 0 Å². The number of ketones is 2. The van der Waals surface area contributed by atoms with Gasteiger partial charge in [-0.2, -0.15) is 0 Å². The number of fused-ring (bicyclic) bond motifs is 3. The Morgan fingerprint density at radius 2 is 1.63 bits per heavy atom. The SMILES string of the molecule is CO[C@@H]1C[C@H](/C=C(\C)[C@H]2OC(=O)[C@@H]3CCCCN3C(=O)C(=O)[C@]3(O)O[C@H]([C@@H](C=O)C[C@@H](C=O)C/C(C)=C/[C@@H](C/C=C/CN)C(=O)C[C@H](O)[C@H]2C)[C@@H](C=O)C[C@H]3C)CC[C@H]1O. The van der Waals surface area contributed by atoms with Crippen molar-refractivity contribution in [3.05, 3.63) is 35.5 Å². The summed E-state index contributed by atoms with van der Waals surface area (Å²) in [5.41, 5.74) is 6.91. The van der Waals surface area contributed by atoms with Gasteiger partial charge in [0.2, 0.25) is 5.79 Å². The molecule has 60 heavy (non-hydrogen) atoms. The maximum atomic E-state index is 14.3. The average Bonchev–Trinajstić information content (AvgIpc) is 3.24. The van der Waals surface area contributed by atoms with Crippen molar-refractivity contribution < 1.29 is 63.1 Å². The maximum absolute atomic E-state index is 14.3. The number of cyclic esters (lactones) is 1. The Balaban J connectivity index is 1.82. The van der Waals surface area contributed by atoms with Gasteiger partial charge in [-0.05, 0) is 89.5 Å². The van der Waals surface area contributed by atoms with Crippen LogP contribution in [0.5, 0.6) is 0 Å². The molecule has 1 saturated carbocycles. The predicted molar refractivity (Wildman–Crippen MR) is 218 cm³/mol. The van der Waals surface area contributed by atoms with Crippen molar-refractivity contribution in [3.63, 3.8) is 0 Å². The molecule has 14 atom stereocenters. The first-order valence-corrected chi connectivity index (χ1v) is 21.5. The number of rotatable bonds is 9. The second kappa shape index (κ2) is 22.4. The van der Waals surface area contributed by atoms with Gasteiger partial charge in [0.1, 0.15) is 36.8 Å². The van der Waals surface area contributed by atoms with Crippen molar-refractivity contribution in [1.29, 1.82) is 0 Å². The van der Waals surface area contributed by atoms with E-state index in [1.807, 2.05) is 6.08 Å². The molecule has 4 aliphatic rings. The molecule has 2 saturated heterocycles. The van der Waals surface area contributed by atoms with E-state index in [0.717, 1.165) is 4.90 Å². The number of carbonyl (C=O) groups excluding carboxylic acids is 7. The van der Waals surface area contributed by atoms with Gasteiger partial charge in [-0.3, -0.25) is 14.4 Å². The molecular formula is C45H66N2O13. The quantitative estimate of drug-likeness (QED) is 0.113. The van der Waals surface area contributed by atoms with Gasteiger partial charge in [0.15, 0.2) is 0 Å². The molecule has 4 rings (SSSR count). The number of amides is 1. The Hall–Kier alpha value is -3.73. The Labute approximate surface area is 353 Å². The van der Waals surface area contributed by atoms with Crippen molar-refractivity contribution in [1.82, 2.24) is 4.90 Å². The summed E-state index contributed by atoms with van der Waals surface area (Å²) in [7, 11) is 1.53. The lowest BCUT2D eigenvalue weighted by atomic mass is 9.75. The Morgan fingerprint density at radius 1 is 0.933 bits per heavy atom. The van der Waals surface area contributed by atoms with Crippen LogP contribution in [0.1, 0.15) is 98.3 Å². The monoisotopic (exact) mass is 842 g/mol. The van der Waals surface area contributed by atoms with E-state index in [1.54, 1.807) is 39.0 Å². The Bertz CT molecular complexity index is 1640. The van der Waals surface area contributed by atoms with Crippen molar-refractivity contribution >= 4 is 42.3 Å². The number of nitrogens with two attached hydrogens (primary N) is 1. The van der Waals surface area contributed by atoms with Crippen LogP contribution in [0.4, 0.5) is 0 Å². The predicted octanol–water partition coefficient (Wildman–Crippen LogP) is 2.75. The van der Waals surface area contributed by atoms with Crippen LogP contribution in [0.25, 0.3) is 0 Å². The maximum Gasteiger partial charge on any atom is 0.329 e. The number of hydrogen-bond acceptors (Lipinski definition) is 14. The van der Waals surface area contributed by atoms with Crippen LogP contribution >= 0.6 is 0 Å². The fourth-order valence-electron chi connectivity index (χ4n) is 9.47. The lowest BCUT2D eigenvalue weighted by Gasteiger charge is -2.45. The molecule has 0 radical (unpaired) electrons. The molecule has 15 nitrogen and oxygen atoms in total. The van der Waals surface area contributed by atoms with E-state index in [0.29, 0.717) is 62.1 Å². The molecule has 15 heteroatoms. The van der Waals surface area contributed by atoms with E-state index in [-0.39, 0.29) is 63.3 Å². The van der Waals surface area contributed by atoms with Gasteiger partial charge in [0.05, 0.1) is 24.4 Å². The van der Waals surface area contributed by atoms with Gasteiger partial charge in [0.25, 0.3) is 11.7 Å². The zero-order chi connectivity index (χ0) is 44.3. The highest BCUT2D eigenvalue weighted by molar-refractivity contribution is 6.39. The molecule has 334 valence electrons. The minimum atomic E-state index is -2.77. The third-order valence-corrected chi connectivity index (χ3v) is 13.1. The summed E-state index contributed by atoms with van der Waals surface area (Å²) in [5, 5.41) is 34.1. The van der Waals surface area contributed by atoms with Gasteiger partial charge in [-0.15, -0.1) is 0 Å². The zero-order valence-electron chi connectivity index (χ0n) is 35.7. The highest BCUT2D eigenvalue weighted by Crippen LogP contribution is 2.41. The molecule has 1 aliphatic carbocycles. The molecule has 0 aromatic rings. The minimum Gasteiger partial charge on any atom is -0.456 e. The van der Waals surface area contributed by atoms with Gasteiger partial charge < -0.3 is 54.5 Å². The van der Waals surface area contributed by atoms with E-state index >= 15 is 0 Å². The fourth-order valence-corrected chi connectivity index (χ4v) is 9.47. The molecule has 0 unspecified atom stereocenters. The summed E-state index contributed by atoms with van der Waals surface area (Å²) >= 11 is 0. The number of aliphatic hydroxyl groups excluding tert-OH is 2. The molecule has 5 N–H and O–H groups in total. The van der Waals surface area contributed by atoms with Crippen molar-refractivity contribution in [2.45, 2.75) is 141 Å². The molecule has 3 fully saturated rings. The second-order valence-corrected chi connectivity index (χ2v) is 17.5. The summed E-state index contributed by atoms with van der Waals surface area (Å²) < 4.78 is 17.7. The van der Waals surface area contributed by atoms with E-state index in [1.165, 1.54) is 14.0 Å². The van der Waals surface area contributed by atoms with Crippen LogP contribution in [-0.4, -0.2) is 125 Å². The first-order chi connectivity index (χ1) is 28.5. The molecule has 1 amide bonds. The number of aldehydes is 3. The lowest BCUT2D eigenvalue weighted by molar-refractivity contribution is -0.278. The number of nitrogens with zero attached hydrogens (tertiary/aromatic N) is 1. The van der Waals surface area contributed by atoms with Gasteiger partial charge in [0, 0.05) is 62.1 Å². The largest absolute Gasteiger partial charge is 0.456 e. The first kappa shape index (κ1) is 48.9. The molecule has 2 bridgehead atoms. The van der Waals surface area contributed by atoms with E-state index in [2.05, 4.69) is 0 Å². The summed E-state index contributed by atoms with van der Waals surface area (Å²) in [6.07, 6.45) is 6.60. The van der Waals surface area contributed by atoms with Gasteiger partial charge in [-0.1, -0.05) is 43.7 Å². The number of esters is 1. The third kappa shape index (κ3) is 11.8. The number of methoxy groups -OCH3 is 1. The van der Waals surface area contributed by atoms with Crippen LogP contribution in [0, 0.1) is 41.4 Å². The van der Waals surface area contributed by atoms with E-state index in [4.69, 9.17) is 19.9 Å². The molecule has 0 aromatic heterocycles. The minimum absolute atomic E-state index is 0.0194. The highest BCUT2D eigenvalue weighted by atomic mass is 16.6.